The first-order valence-corrected chi connectivity index (χ1v) is 8.64. The van der Waals surface area contributed by atoms with Gasteiger partial charge in [0.2, 0.25) is 5.95 Å². The van der Waals surface area contributed by atoms with Gasteiger partial charge in [0.1, 0.15) is 11.5 Å². The Bertz CT molecular complexity index is 753. The van der Waals surface area contributed by atoms with Crippen molar-refractivity contribution in [2.45, 2.75) is 19.8 Å². The van der Waals surface area contributed by atoms with Crippen LogP contribution in [0.5, 0.6) is 11.5 Å². The number of carbonyl (C=O) groups is 1. The average Bonchev–Trinajstić information content (AvgIpc) is 2.67. The molecular formula is C18H23ClN4O3. The third-order valence-electron chi connectivity index (χ3n) is 3.81. The summed E-state index contributed by atoms with van der Waals surface area (Å²) in [4.78, 5) is 23.0. The summed E-state index contributed by atoms with van der Waals surface area (Å²) in [6.45, 7) is 2.99. The van der Waals surface area contributed by atoms with Crippen LogP contribution in [0.25, 0.3) is 0 Å². The highest BCUT2D eigenvalue weighted by Crippen LogP contribution is 2.36. The van der Waals surface area contributed by atoms with Gasteiger partial charge in [-0.25, -0.2) is 9.97 Å². The molecule has 2 aromatic rings. The number of ether oxygens (including phenoxy) is 2. The van der Waals surface area contributed by atoms with Crippen LogP contribution in [0.2, 0.25) is 5.02 Å². The SMILES string of the molecule is CCCCN(C)c1ncc(C(=O)Nc2cc(OC)c(Cl)cc2OC)cn1. The molecule has 0 spiro atoms. The first kappa shape index (κ1) is 19.8. The van der Waals surface area contributed by atoms with Gasteiger partial charge in [0.15, 0.2) is 0 Å². The van der Waals surface area contributed by atoms with E-state index in [-0.39, 0.29) is 5.91 Å². The maximum Gasteiger partial charge on any atom is 0.258 e. The molecule has 0 aliphatic carbocycles. The largest absolute Gasteiger partial charge is 0.495 e. The van der Waals surface area contributed by atoms with Gasteiger partial charge in [-0.15, -0.1) is 0 Å². The zero-order chi connectivity index (χ0) is 19.1. The number of rotatable bonds is 8. The summed E-state index contributed by atoms with van der Waals surface area (Å²) in [6, 6.07) is 3.19. The molecule has 0 unspecified atom stereocenters. The van der Waals surface area contributed by atoms with Crippen molar-refractivity contribution in [2.75, 3.05) is 38.0 Å². The molecule has 0 aliphatic rings. The number of hydrogen-bond donors (Lipinski definition) is 1. The number of amides is 1. The molecule has 1 aromatic carbocycles. The third-order valence-corrected chi connectivity index (χ3v) is 4.11. The minimum atomic E-state index is -0.351. The molecule has 1 N–H and O–H groups in total. The van der Waals surface area contributed by atoms with Crippen molar-refractivity contribution >= 4 is 29.1 Å². The van der Waals surface area contributed by atoms with E-state index in [1.165, 1.54) is 26.6 Å². The Labute approximate surface area is 158 Å². The smallest absolute Gasteiger partial charge is 0.258 e. The summed E-state index contributed by atoms with van der Waals surface area (Å²) in [7, 11) is 4.92. The summed E-state index contributed by atoms with van der Waals surface area (Å²) in [5, 5.41) is 3.16. The highest BCUT2D eigenvalue weighted by Gasteiger charge is 2.15. The quantitative estimate of drug-likeness (QED) is 0.755. The summed E-state index contributed by atoms with van der Waals surface area (Å²) in [5.41, 5.74) is 0.788. The minimum Gasteiger partial charge on any atom is -0.495 e. The van der Waals surface area contributed by atoms with Crippen molar-refractivity contribution in [3.63, 3.8) is 0 Å². The lowest BCUT2D eigenvalue weighted by molar-refractivity contribution is 0.102. The van der Waals surface area contributed by atoms with Crippen LogP contribution in [0.1, 0.15) is 30.1 Å². The number of carbonyl (C=O) groups excluding carboxylic acids is 1. The number of benzene rings is 1. The molecule has 1 amide bonds. The molecule has 1 heterocycles. The molecule has 0 fully saturated rings. The number of nitrogens with one attached hydrogen (secondary N) is 1. The van der Waals surface area contributed by atoms with Crippen molar-refractivity contribution in [2.24, 2.45) is 0 Å². The zero-order valence-corrected chi connectivity index (χ0v) is 16.1. The Morgan fingerprint density at radius 2 is 1.85 bits per heavy atom. The van der Waals surface area contributed by atoms with Gasteiger partial charge in [0.05, 0.1) is 30.5 Å². The van der Waals surface area contributed by atoms with Crippen LogP contribution in [0.3, 0.4) is 0 Å². The number of methoxy groups -OCH3 is 2. The van der Waals surface area contributed by atoms with Crippen LogP contribution in [0.4, 0.5) is 11.6 Å². The highest BCUT2D eigenvalue weighted by molar-refractivity contribution is 6.32. The second-order valence-electron chi connectivity index (χ2n) is 5.69. The monoisotopic (exact) mass is 378 g/mol. The summed E-state index contributed by atoms with van der Waals surface area (Å²) in [6.07, 6.45) is 5.15. The summed E-state index contributed by atoms with van der Waals surface area (Å²) in [5.74, 6) is 1.10. The van der Waals surface area contributed by atoms with Crippen LogP contribution >= 0.6 is 11.6 Å². The summed E-state index contributed by atoms with van der Waals surface area (Å²) >= 11 is 6.07. The van der Waals surface area contributed by atoms with Crippen LogP contribution in [-0.4, -0.2) is 43.7 Å². The molecule has 7 nitrogen and oxygen atoms in total. The topological polar surface area (TPSA) is 76.6 Å². The van der Waals surface area contributed by atoms with Gasteiger partial charge >= 0.3 is 0 Å². The third kappa shape index (κ3) is 4.76. The van der Waals surface area contributed by atoms with Crippen LogP contribution in [0.15, 0.2) is 24.5 Å². The first-order valence-electron chi connectivity index (χ1n) is 8.26. The predicted octanol–water partition coefficient (Wildman–Crippen LogP) is 3.64. The fraction of sp³-hybridized carbons (Fsp3) is 0.389. The van der Waals surface area contributed by atoms with E-state index in [1.54, 1.807) is 12.1 Å². The van der Waals surface area contributed by atoms with E-state index in [0.717, 1.165) is 19.4 Å². The van der Waals surface area contributed by atoms with Gasteiger partial charge in [-0.05, 0) is 6.42 Å². The number of anilines is 2. The second-order valence-corrected chi connectivity index (χ2v) is 6.10. The second kappa shape index (κ2) is 9.24. The molecule has 26 heavy (non-hydrogen) atoms. The Kier molecular flexibility index (Phi) is 7.03. The molecule has 0 saturated heterocycles. The average molecular weight is 379 g/mol. The highest BCUT2D eigenvalue weighted by atomic mass is 35.5. The number of nitrogens with zero attached hydrogens (tertiary/aromatic N) is 3. The number of aromatic nitrogens is 2. The Hall–Kier alpha value is -2.54. The van der Waals surface area contributed by atoms with E-state index in [2.05, 4.69) is 22.2 Å². The van der Waals surface area contributed by atoms with Crippen molar-refractivity contribution in [3.05, 3.63) is 35.1 Å². The predicted molar refractivity (Wildman–Crippen MR) is 103 cm³/mol. The standard InChI is InChI=1S/C18H23ClN4O3/c1-5-6-7-23(2)18-20-10-12(11-21-18)17(24)22-14-9-15(25-3)13(19)8-16(14)26-4/h8-11H,5-7H2,1-4H3,(H,22,24). The van der Waals surface area contributed by atoms with Crippen molar-refractivity contribution in [3.8, 4) is 11.5 Å². The normalized spacial score (nSPS) is 10.3. The van der Waals surface area contributed by atoms with E-state index < -0.39 is 0 Å². The number of unbranched alkanes of at least 4 members (excludes halogenated alkanes) is 1. The Morgan fingerprint density at radius 1 is 1.19 bits per heavy atom. The van der Waals surface area contributed by atoms with Crippen molar-refractivity contribution < 1.29 is 14.3 Å². The molecule has 1 aromatic heterocycles. The van der Waals surface area contributed by atoms with Crippen molar-refractivity contribution in [1.82, 2.24) is 9.97 Å². The Balaban J connectivity index is 2.15. The van der Waals surface area contributed by atoms with E-state index in [1.807, 2.05) is 11.9 Å². The molecule has 8 heteroatoms. The van der Waals surface area contributed by atoms with Gasteiger partial charge in [-0.1, -0.05) is 24.9 Å². The lowest BCUT2D eigenvalue weighted by atomic mass is 10.2. The molecule has 0 radical (unpaired) electrons. The fourth-order valence-electron chi connectivity index (χ4n) is 2.28. The maximum absolute atomic E-state index is 12.5. The van der Waals surface area contributed by atoms with Gasteiger partial charge < -0.3 is 19.7 Å². The molecule has 0 saturated carbocycles. The molecule has 0 bridgehead atoms. The number of halogens is 1. The molecule has 0 atom stereocenters. The lowest BCUT2D eigenvalue weighted by Gasteiger charge is -2.16. The molecular weight excluding hydrogens is 356 g/mol. The molecule has 2 rings (SSSR count). The van der Waals surface area contributed by atoms with Gasteiger partial charge in [0, 0.05) is 38.1 Å². The van der Waals surface area contributed by atoms with Gasteiger partial charge in [-0.2, -0.15) is 0 Å². The van der Waals surface area contributed by atoms with Crippen LogP contribution in [0, 0.1) is 0 Å². The van der Waals surface area contributed by atoms with E-state index in [9.17, 15) is 4.79 Å². The fourth-order valence-corrected chi connectivity index (χ4v) is 2.51. The number of hydrogen-bond acceptors (Lipinski definition) is 6. The van der Waals surface area contributed by atoms with Crippen LogP contribution in [-0.2, 0) is 0 Å². The molecule has 0 aliphatic heterocycles. The Morgan fingerprint density at radius 3 is 2.42 bits per heavy atom. The zero-order valence-electron chi connectivity index (χ0n) is 15.4. The van der Waals surface area contributed by atoms with Crippen molar-refractivity contribution in [1.29, 1.82) is 0 Å². The van der Waals surface area contributed by atoms with Crippen LogP contribution < -0.4 is 19.7 Å². The summed E-state index contributed by atoms with van der Waals surface area (Å²) < 4.78 is 10.4. The molecule has 140 valence electrons. The maximum atomic E-state index is 12.5. The van der Waals surface area contributed by atoms with Gasteiger partial charge in [0.25, 0.3) is 5.91 Å². The minimum absolute atomic E-state index is 0.341. The van der Waals surface area contributed by atoms with E-state index in [4.69, 9.17) is 21.1 Å². The van der Waals surface area contributed by atoms with Gasteiger partial charge in [-0.3, -0.25) is 4.79 Å². The van der Waals surface area contributed by atoms with E-state index >= 15 is 0 Å². The lowest BCUT2D eigenvalue weighted by Crippen LogP contribution is -2.21. The van der Waals surface area contributed by atoms with E-state index in [0.29, 0.717) is 33.7 Å². The first-order chi connectivity index (χ1) is 12.5.